The highest BCUT2D eigenvalue weighted by atomic mass is 16.6. The second-order valence-electron chi connectivity index (χ2n) is 4.72. The number of nitrogens with zero attached hydrogens (tertiary/aromatic N) is 4. The zero-order valence-corrected chi connectivity index (χ0v) is 11.3. The molecule has 19 heavy (non-hydrogen) atoms. The molecule has 1 aromatic rings. The molecule has 1 aromatic heterocycles. The number of hydrogen-bond acceptors (Lipinski definition) is 6. The molecule has 1 fully saturated rings. The Hall–Kier alpha value is -1.92. The largest absolute Gasteiger partial charge is 0.364 e. The molecule has 0 aromatic carbocycles. The van der Waals surface area contributed by atoms with E-state index in [1.54, 1.807) is 0 Å². The Bertz CT molecular complexity index is 465. The summed E-state index contributed by atoms with van der Waals surface area (Å²) >= 11 is 0. The SMILES string of the molecule is CCNc1ncnc(N2CCCCC2C)c1[N+](=O)[O-]. The second-order valence-corrected chi connectivity index (χ2v) is 4.72. The fraction of sp³-hybridized carbons (Fsp3) is 0.667. The molecule has 1 atom stereocenters. The smallest absolute Gasteiger partial charge is 0.353 e. The molecule has 0 radical (unpaired) electrons. The van der Waals surface area contributed by atoms with Crippen LogP contribution < -0.4 is 10.2 Å². The van der Waals surface area contributed by atoms with Gasteiger partial charge < -0.3 is 10.2 Å². The number of nitrogens with one attached hydrogen (secondary N) is 1. The third-order valence-corrected chi connectivity index (χ3v) is 3.40. The Labute approximate surface area is 112 Å². The van der Waals surface area contributed by atoms with Crippen molar-refractivity contribution in [2.24, 2.45) is 0 Å². The van der Waals surface area contributed by atoms with E-state index in [0.717, 1.165) is 25.8 Å². The molecule has 0 bridgehead atoms. The van der Waals surface area contributed by atoms with Crippen LogP contribution in [0.25, 0.3) is 0 Å². The fourth-order valence-electron chi connectivity index (χ4n) is 2.46. The summed E-state index contributed by atoms with van der Waals surface area (Å²) in [5.74, 6) is 0.735. The molecule has 1 saturated heterocycles. The molecule has 7 heteroatoms. The highest BCUT2D eigenvalue weighted by Gasteiger charge is 2.30. The Kier molecular flexibility index (Phi) is 4.13. The molecular formula is C12H19N5O2. The Morgan fingerprint density at radius 1 is 1.53 bits per heavy atom. The van der Waals surface area contributed by atoms with Gasteiger partial charge in [-0.25, -0.2) is 9.97 Å². The first-order valence-corrected chi connectivity index (χ1v) is 6.65. The minimum absolute atomic E-state index is 0.0156. The molecule has 104 valence electrons. The molecule has 1 aliphatic rings. The molecule has 1 N–H and O–H groups in total. The molecule has 1 aliphatic heterocycles. The van der Waals surface area contributed by atoms with Crippen LogP contribution in [-0.4, -0.2) is 34.0 Å². The molecule has 1 unspecified atom stereocenters. The maximum atomic E-state index is 11.3. The number of hydrogen-bond donors (Lipinski definition) is 1. The Morgan fingerprint density at radius 2 is 2.32 bits per heavy atom. The minimum atomic E-state index is -0.394. The highest BCUT2D eigenvalue weighted by Crippen LogP contribution is 2.34. The molecule has 0 amide bonds. The van der Waals surface area contributed by atoms with Crippen molar-refractivity contribution in [3.63, 3.8) is 0 Å². The number of piperidine rings is 1. The standard InChI is InChI=1S/C12H19N5O2/c1-3-13-11-10(17(18)19)12(15-8-14-11)16-7-5-4-6-9(16)2/h8-9H,3-7H2,1-2H3,(H,13,14,15). The van der Waals surface area contributed by atoms with Crippen molar-refractivity contribution in [2.75, 3.05) is 23.3 Å². The summed E-state index contributed by atoms with van der Waals surface area (Å²) in [6.45, 7) is 5.37. The molecule has 0 aliphatic carbocycles. The number of aromatic nitrogens is 2. The van der Waals surface area contributed by atoms with Gasteiger partial charge in [0.05, 0.1) is 4.92 Å². The summed E-state index contributed by atoms with van der Waals surface area (Å²) in [5.41, 5.74) is -0.0156. The van der Waals surface area contributed by atoms with Crippen LogP contribution in [0.2, 0.25) is 0 Å². The zero-order chi connectivity index (χ0) is 13.8. The van der Waals surface area contributed by atoms with E-state index in [4.69, 9.17) is 0 Å². The first-order chi connectivity index (χ1) is 9.15. The molecular weight excluding hydrogens is 246 g/mol. The quantitative estimate of drug-likeness (QED) is 0.663. The first-order valence-electron chi connectivity index (χ1n) is 6.65. The topological polar surface area (TPSA) is 84.2 Å². The summed E-state index contributed by atoms with van der Waals surface area (Å²) in [6.07, 6.45) is 4.64. The van der Waals surface area contributed by atoms with Crippen molar-refractivity contribution in [2.45, 2.75) is 39.2 Å². The number of anilines is 2. The Morgan fingerprint density at radius 3 is 2.95 bits per heavy atom. The van der Waals surface area contributed by atoms with Crippen molar-refractivity contribution in [1.29, 1.82) is 0 Å². The van der Waals surface area contributed by atoms with Crippen LogP contribution in [0.15, 0.2) is 6.33 Å². The van der Waals surface area contributed by atoms with Crippen molar-refractivity contribution < 1.29 is 4.92 Å². The van der Waals surface area contributed by atoms with Gasteiger partial charge in [-0.2, -0.15) is 0 Å². The van der Waals surface area contributed by atoms with Gasteiger partial charge in [-0.15, -0.1) is 0 Å². The van der Waals surface area contributed by atoms with Gasteiger partial charge >= 0.3 is 5.69 Å². The van der Waals surface area contributed by atoms with Crippen LogP contribution in [0.5, 0.6) is 0 Å². The molecule has 2 rings (SSSR count). The summed E-state index contributed by atoms with van der Waals surface area (Å²) in [7, 11) is 0. The van der Waals surface area contributed by atoms with Crippen molar-refractivity contribution in [3.05, 3.63) is 16.4 Å². The van der Waals surface area contributed by atoms with Crippen molar-refractivity contribution >= 4 is 17.3 Å². The van der Waals surface area contributed by atoms with Gasteiger partial charge in [-0.3, -0.25) is 10.1 Å². The van der Waals surface area contributed by atoms with Gasteiger partial charge in [-0.1, -0.05) is 0 Å². The monoisotopic (exact) mass is 265 g/mol. The summed E-state index contributed by atoms with van der Waals surface area (Å²) in [5, 5.41) is 14.3. The molecule has 0 saturated carbocycles. The van der Waals surface area contributed by atoms with E-state index in [0.29, 0.717) is 18.2 Å². The van der Waals surface area contributed by atoms with Crippen LogP contribution >= 0.6 is 0 Å². The molecule has 0 spiro atoms. The second kappa shape index (κ2) is 5.81. The summed E-state index contributed by atoms with van der Waals surface area (Å²) in [6, 6.07) is 0.275. The van der Waals surface area contributed by atoms with Gasteiger partial charge in [0, 0.05) is 19.1 Å². The lowest BCUT2D eigenvalue weighted by Crippen LogP contribution is -2.38. The van der Waals surface area contributed by atoms with Gasteiger partial charge in [0.25, 0.3) is 0 Å². The van der Waals surface area contributed by atoms with Crippen LogP contribution in [0.3, 0.4) is 0 Å². The van der Waals surface area contributed by atoms with Crippen LogP contribution in [-0.2, 0) is 0 Å². The molecule has 2 heterocycles. The predicted octanol–water partition coefficient (Wildman–Crippen LogP) is 2.20. The van der Waals surface area contributed by atoms with Crippen LogP contribution in [0.1, 0.15) is 33.1 Å². The van der Waals surface area contributed by atoms with Crippen molar-refractivity contribution in [1.82, 2.24) is 9.97 Å². The van der Waals surface area contributed by atoms with E-state index < -0.39 is 4.92 Å². The summed E-state index contributed by atoms with van der Waals surface area (Å²) in [4.78, 5) is 21.1. The van der Waals surface area contributed by atoms with E-state index in [1.807, 2.05) is 11.8 Å². The average Bonchev–Trinajstić information content (AvgIpc) is 2.39. The van der Waals surface area contributed by atoms with Gasteiger partial charge in [0.15, 0.2) is 0 Å². The predicted molar refractivity (Wildman–Crippen MR) is 73.5 cm³/mol. The minimum Gasteiger partial charge on any atom is -0.364 e. The van der Waals surface area contributed by atoms with Crippen LogP contribution in [0, 0.1) is 10.1 Å². The Balaban J connectivity index is 2.43. The number of nitro groups is 1. The van der Waals surface area contributed by atoms with Crippen molar-refractivity contribution in [3.8, 4) is 0 Å². The third-order valence-electron chi connectivity index (χ3n) is 3.40. The number of rotatable bonds is 4. The lowest BCUT2D eigenvalue weighted by Gasteiger charge is -2.33. The highest BCUT2D eigenvalue weighted by molar-refractivity contribution is 5.70. The van der Waals surface area contributed by atoms with Gasteiger partial charge in [0.1, 0.15) is 6.33 Å². The average molecular weight is 265 g/mol. The summed E-state index contributed by atoms with van der Waals surface area (Å²) < 4.78 is 0. The maximum absolute atomic E-state index is 11.3. The van der Waals surface area contributed by atoms with E-state index in [9.17, 15) is 10.1 Å². The third kappa shape index (κ3) is 2.74. The van der Waals surface area contributed by atoms with E-state index >= 15 is 0 Å². The van der Waals surface area contributed by atoms with E-state index in [-0.39, 0.29) is 11.7 Å². The van der Waals surface area contributed by atoms with Crippen LogP contribution in [0.4, 0.5) is 17.3 Å². The fourth-order valence-corrected chi connectivity index (χ4v) is 2.46. The lowest BCUT2D eigenvalue weighted by atomic mass is 10.0. The van der Waals surface area contributed by atoms with E-state index in [1.165, 1.54) is 6.33 Å². The normalized spacial score (nSPS) is 19.3. The van der Waals surface area contributed by atoms with Gasteiger partial charge in [0.2, 0.25) is 11.6 Å². The maximum Gasteiger partial charge on any atom is 0.353 e. The van der Waals surface area contributed by atoms with Gasteiger partial charge in [-0.05, 0) is 33.1 Å². The molecule has 7 nitrogen and oxygen atoms in total. The van der Waals surface area contributed by atoms with E-state index in [2.05, 4.69) is 22.2 Å². The first kappa shape index (κ1) is 13.5. The lowest BCUT2D eigenvalue weighted by molar-refractivity contribution is -0.383. The zero-order valence-electron chi connectivity index (χ0n) is 11.3.